The second-order valence-corrected chi connectivity index (χ2v) is 11.2. The van der Waals surface area contributed by atoms with E-state index >= 15 is 0 Å². The van der Waals surface area contributed by atoms with Gasteiger partial charge in [0.05, 0.1) is 18.5 Å². The molecule has 0 aromatic heterocycles. The molecule has 5 aromatic rings. The number of aryl methyl sites for hydroxylation is 7. The van der Waals surface area contributed by atoms with Crippen molar-refractivity contribution in [2.75, 3.05) is 16.9 Å². The summed E-state index contributed by atoms with van der Waals surface area (Å²) in [5.74, 6) is 0.878. The van der Waals surface area contributed by atoms with Gasteiger partial charge in [-0.2, -0.15) is 0 Å². The lowest BCUT2D eigenvalue weighted by molar-refractivity contribution is 0.414. The van der Waals surface area contributed by atoms with Crippen LogP contribution in [0.25, 0.3) is 0 Å². The molecule has 0 radical (unpaired) electrons. The molecule has 0 spiro atoms. The summed E-state index contributed by atoms with van der Waals surface area (Å²) < 4.78 is 5.60. The van der Waals surface area contributed by atoms with Gasteiger partial charge in [0.1, 0.15) is 5.75 Å². The summed E-state index contributed by atoms with van der Waals surface area (Å²) in [6.07, 6.45) is 0. The Hall–Kier alpha value is -4.50. The maximum Gasteiger partial charge on any atom is 0.119 e. The summed E-state index contributed by atoms with van der Waals surface area (Å²) in [6, 6.07) is 35.2. The van der Waals surface area contributed by atoms with Gasteiger partial charge in [0.25, 0.3) is 0 Å². The van der Waals surface area contributed by atoms with Gasteiger partial charge >= 0.3 is 0 Å². The first-order chi connectivity index (χ1) is 19.7. The number of rotatable bonds is 7. The van der Waals surface area contributed by atoms with E-state index in [0.29, 0.717) is 0 Å². The minimum absolute atomic E-state index is 0.878. The topological polar surface area (TPSA) is 15.7 Å². The summed E-state index contributed by atoms with van der Waals surface area (Å²) in [6.45, 7) is 15.2. The van der Waals surface area contributed by atoms with Crippen LogP contribution in [0.15, 0.2) is 97.1 Å². The summed E-state index contributed by atoms with van der Waals surface area (Å²) in [7, 11) is 1.73. The van der Waals surface area contributed by atoms with E-state index in [1.807, 2.05) is 0 Å². The Balaban J connectivity index is 1.67. The highest BCUT2D eigenvalue weighted by atomic mass is 16.5. The third kappa shape index (κ3) is 5.71. The van der Waals surface area contributed by atoms with Crippen molar-refractivity contribution in [1.82, 2.24) is 0 Å². The van der Waals surface area contributed by atoms with Crippen LogP contribution in [0.4, 0.5) is 34.1 Å². The highest BCUT2D eigenvalue weighted by Crippen LogP contribution is 2.44. The molecule has 3 heteroatoms. The highest BCUT2D eigenvalue weighted by molar-refractivity contribution is 5.85. The molecule has 0 aliphatic heterocycles. The molecule has 0 atom stereocenters. The Labute approximate surface area is 245 Å². The van der Waals surface area contributed by atoms with Crippen molar-refractivity contribution in [3.63, 3.8) is 0 Å². The van der Waals surface area contributed by atoms with Crippen molar-refractivity contribution in [2.24, 2.45) is 0 Å². The zero-order valence-corrected chi connectivity index (χ0v) is 25.5. The Morgan fingerprint density at radius 2 is 0.707 bits per heavy atom. The summed E-state index contributed by atoms with van der Waals surface area (Å²) in [5, 5.41) is 0. The summed E-state index contributed by atoms with van der Waals surface area (Å²) in [5.41, 5.74) is 15.5. The Morgan fingerprint density at radius 1 is 0.390 bits per heavy atom. The lowest BCUT2D eigenvalue weighted by Gasteiger charge is -2.32. The molecule has 0 bridgehead atoms. The first-order valence-electron chi connectivity index (χ1n) is 14.2. The predicted octanol–water partition coefficient (Wildman–Crippen LogP) is 10.8. The molecule has 0 heterocycles. The quantitative estimate of drug-likeness (QED) is 0.204. The van der Waals surface area contributed by atoms with E-state index in [9.17, 15) is 0 Å². The Kier molecular flexibility index (Phi) is 7.90. The molecule has 0 amide bonds. The summed E-state index contributed by atoms with van der Waals surface area (Å²) >= 11 is 0. The van der Waals surface area contributed by atoms with Gasteiger partial charge < -0.3 is 14.5 Å². The van der Waals surface area contributed by atoms with Crippen molar-refractivity contribution >= 4 is 34.1 Å². The van der Waals surface area contributed by atoms with Crippen molar-refractivity contribution in [1.29, 1.82) is 0 Å². The molecule has 5 aromatic carbocycles. The number of hydrogen-bond donors (Lipinski definition) is 0. The average Bonchev–Trinajstić information content (AvgIpc) is 2.94. The van der Waals surface area contributed by atoms with E-state index in [4.69, 9.17) is 4.74 Å². The number of nitrogens with zero attached hydrogens (tertiary/aromatic N) is 2. The van der Waals surface area contributed by atoms with Crippen LogP contribution in [-0.2, 0) is 0 Å². The van der Waals surface area contributed by atoms with E-state index in [1.54, 1.807) is 7.11 Å². The van der Waals surface area contributed by atoms with Gasteiger partial charge in [-0.1, -0.05) is 53.1 Å². The van der Waals surface area contributed by atoms with Crippen LogP contribution in [0.3, 0.4) is 0 Å². The van der Waals surface area contributed by atoms with Gasteiger partial charge in [0.15, 0.2) is 0 Å². The fourth-order valence-corrected chi connectivity index (χ4v) is 5.87. The molecule has 0 unspecified atom stereocenters. The maximum atomic E-state index is 5.60. The molecule has 0 N–H and O–H groups in total. The normalized spacial score (nSPS) is 10.9. The van der Waals surface area contributed by atoms with Crippen LogP contribution in [0.1, 0.15) is 38.9 Å². The van der Waals surface area contributed by atoms with E-state index in [1.165, 1.54) is 50.3 Å². The molecule has 0 aliphatic carbocycles. The van der Waals surface area contributed by atoms with Crippen LogP contribution in [0.5, 0.6) is 5.75 Å². The van der Waals surface area contributed by atoms with Crippen molar-refractivity contribution in [2.45, 2.75) is 48.5 Å². The molecule has 208 valence electrons. The highest BCUT2D eigenvalue weighted by Gasteiger charge is 2.22. The standard InChI is InChI=1S/C38H40N2O/c1-25-9-13-32(14-10-25)39(33-15-11-26(2)12-16-33)34-17-19-35(20-18-34)40(37-28(4)21-27(3)22-29(37)5)38-30(6)23-36(41-8)24-31(38)7/h9-24H,1-8H3. The minimum atomic E-state index is 0.878. The second-order valence-electron chi connectivity index (χ2n) is 11.2. The zero-order valence-electron chi connectivity index (χ0n) is 25.5. The molecule has 41 heavy (non-hydrogen) atoms. The van der Waals surface area contributed by atoms with E-state index in [2.05, 4.69) is 155 Å². The van der Waals surface area contributed by atoms with Gasteiger partial charge in [-0.3, -0.25) is 0 Å². The van der Waals surface area contributed by atoms with Gasteiger partial charge in [-0.15, -0.1) is 0 Å². The number of methoxy groups -OCH3 is 1. The van der Waals surface area contributed by atoms with Crippen LogP contribution in [0, 0.1) is 48.5 Å². The van der Waals surface area contributed by atoms with Crippen molar-refractivity contribution < 1.29 is 4.74 Å². The molecule has 0 aliphatic rings. The van der Waals surface area contributed by atoms with E-state index < -0.39 is 0 Å². The predicted molar refractivity (Wildman–Crippen MR) is 176 cm³/mol. The van der Waals surface area contributed by atoms with Crippen molar-refractivity contribution in [3.8, 4) is 5.75 Å². The molecular formula is C38H40N2O. The fraction of sp³-hybridized carbons (Fsp3) is 0.211. The molecule has 0 saturated carbocycles. The van der Waals surface area contributed by atoms with E-state index in [0.717, 1.165) is 28.5 Å². The molecule has 0 saturated heterocycles. The SMILES string of the molecule is COc1cc(C)c(N(c2ccc(N(c3ccc(C)cc3)c3ccc(C)cc3)cc2)c2c(C)cc(C)cc2C)c(C)c1. The number of benzene rings is 5. The average molecular weight is 541 g/mol. The first kappa shape index (κ1) is 28.0. The summed E-state index contributed by atoms with van der Waals surface area (Å²) in [4.78, 5) is 4.74. The van der Waals surface area contributed by atoms with Crippen LogP contribution >= 0.6 is 0 Å². The molecule has 5 rings (SSSR count). The van der Waals surface area contributed by atoms with Crippen LogP contribution < -0.4 is 14.5 Å². The number of hydrogen-bond acceptors (Lipinski definition) is 3. The Morgan fingerprint density at radius 3 is 1.07 bits per heavy atom. The maximum absolute atomic E-state index is 5.60. The lowest BCUT2D eigenvalue weighted by Crippen LogP contribution is -2.16. The van der Waals surface area contributed by atoms with Gasteiger partial charge in [0, 0.05) is 22.7 Å². The largest absolute Gasteiger partial charge is 0.497 e. The number of anilines is 6. The molecule has 3 nitrogen and oxygen atoms in total. The van der Waals surface area contributed by atoms with E-state index in [-0.39, 0.29) is 0 Å². The van der Waals surface area contributed by atoms with Crippen LogP contribution in [0.2, 0.25) is 0 Å². The second kappa shape index (κ2) is 11.5. The van der Waals surface area contributed by atoms with Crippen LogP contribution in [-0.4, -0.2) is 7.11 Å². The third-order valence-corrected chi connectivity index (χ3v) is 7.73. The third-order valence-electron chi connectivity index (χ3n) is 7.73. The minimum Gasteiger partial charge on any atom is -0.497 e. The first-order valence-corrected chi connectivity index (χ1v) is 14.2. The van der Waals surface area contributed by atoms with Gasteiger partial charge in [-0.05, 0) is 131 Å². The molecular weight excluding hydrogens is 500 g/mol. The van der Waals surface area contributed by atoms with Crippen molar-refractivity contribution in [3.05, 3.63) is 136 Å². The fourth-order valence-electron chi connectivity index (χ4n) is 5.87. The van der Waals surface area contributed by atoms with Gasteiger partial charge in [-0.25, -0.2) is 0 Å². The van der Waals surface area contributed by atoms with Gasteiger partial charge in [0.2, 0.25) is 0 Å². The molecule has 0 fully saturated rings. The monoisotopic (exact) mass is 540 g/mol. The number of ether oxygens (including phenoxy) is 1. The Bertz CT molecular complexity index is 1570. The lowest BCUT2D eigenvalue weighted by atomic mass is 9.99. The zero-order chi connectivity index (χ0) is 29.3. The smallest absolute Gasteiger partial charge is 0.119 e.